The maximum absolute atomic E-state index is 11.9. The van der Waals surface area contributed by atoms with Crippen LogP contribution in [0, 0.1) is 0 Å². The van der Waals surface area contributed by atoms with E-state index in [1.54, 1.807) is 7.05 Å². The van der Waals surface area contributed by atoms with Gasteiger partial charge < -0.3 is 10.2 Å². The van der Waals surface area contributed by atoms with Crippen molar-refractivity contribution in [1.82, 2.24) is 5.32 Å². The van der Waals surface area contributed by atoms with Gasteiger partial charge in [0.25, 0.3) is 0 Å². The second-order valence-corrected chi connectivity index (χ2v) is 4.05. The molecule has 0 spiro atoms. The van der Waals surface area contributed by atoms with Gasteiger partial charge in [0.15, 0.2) is 5.78 Å². The van der Waals surface area contributed by atoms with Crippen LogP contribution >= 0.6 is 0 Å². The fourth-order valence-electron chi connectivity index (χ4n) is 1.67. The van der Waals surface area contributed by atoms with Crippen LogP contribution in [0.1, 0.15) is 22.8 Å². The Bertz CT molecular complexity index is 372. The summed E-state index contributed by atoms with van der Waals surface area (Å²) in [5.41, 5.74) is 2.99. The average molecular weight is 220 g/mol. The molecule has 0 saturated heterocycles. The Morgan fingerprint density at radius 1 is 1.38 bits per heavy atom. The molecular formula is C13H20N2O. The van der Waals surface area contributed by atoms with Crippen LogP contribution in [0.15, 0.2) is 18.2 Å². The Morgan fingerprint density at radius 3 is 2.56 bits per heavy atom. The Labute approximate surface area is 97.5 Å². The highest BCUT2D eigenvalue weighted by atomic mass is 16.1. The molecule has 0 aliphatic rings. The van der Waals surface area contributed by atoms with Gasteiger partial charge in [-0.2, -0.15) is 0 Å². The van der Waals surface area contributed by atoms with Crippen molar-refractivity contribution in [2.24, 2.45) is 0 Å². The second-order valence-electron chi connectivity index (χ2n) is 4.05. The summed E-state index contributed by atoms with van der Waals surface area (Å²) in [4.78, 5) is 13.9. The van der Waals surface area contributed by atoms with Gasteiger partial charge in [-0.1, -0.05) is 13.0 Å². The third-order valence-corrected chi connectivity index (χ3v) is 2.59. The molecule has 1 N–H and O–H groups in total. The maximum atomic E-state index is 11.9. The average Bonchev–Trinajstić information content (AvgIpc) is 2.28. The molecule has 3 nitrogen and oxygen atoms in total. The van der Waals surface area contributed by atoms with Crippen LogP contribution in [0.25, 0.3) is 0 Å². The number of anilines is 1. The summed E-state index contributed by atoms with van der Waals surface area (Å²) in [5, 5.41) is 2.90. The molecule has 0 aliphatic carbocycles. The minimum Gasteiger partial charge on any atom is -0.377 e. The molecule has 1 aromatic carbocycles. The molecule has 0 aliphatic heterocycles. The first-order chi connectivity index (χ1) is 7.60. The summed E-state index contributed by atoms with van der Waals surface area (Å²) < 4.78 is 0. The zero-order chi connectivity index (χ0) is 12.1. The summed E-state index contributed by atoms with van der Waals surface area (Å²) in [6.07, 6.45) is 0.952. The topological polar surface area (TPSA) is 32.3 Å². The number of Topliss-reactive ketones (excluding diaryl/α,β-unsaturated/α-hetero) is 1. The molecule has 0 heterocycles. The number of nitrogens with one attached hydrogen (secondary N) is 1. The molecule has 3 heteroatoms. The lowest BCUT2D eigenvalue weighted by molar-refractivity contribution is 0.0994. The van der Waals surface area contributed by atoms with Crippen molar-refractivity contribution >= 4 is 11.5 Å². The van der Waals surface area contributed by atoms with Crippen molar-refractivity contribution in [1.29, 1.82) is 0 Å². The molecule has 88 valence electrons. The SMILES string of the molecule is CCc1ccc(N(C)C)c(C(=O)CNC)c1. The minimum absolute atomic E-state index is 0.140. The summed E-state index contributed by atoms with van der Waals surface area (Å²) in [6, 6.07) is 6.09. The van der Waals surface area contributed by atoms with E-state index in [2.05, 4.69) is 18.3 Å². The van der Waals surface area contributed by atoms with Gasteiger partial charge in [0.2, 0.25) is 0 Å². The fraction of sp³-hybridized carbons (Fsp3) is 0.462. The lowest BCUT2D eigenvalue weighted by Gasteiger charge is -2.17. The number of rotatable bonds is 5. The van der Waals surface area contributed by atoms with Gasteiger partial charge in [0.1, 0.15) is 0 Å². The predicted octanol–water partition coefficient (Wildman–Crippen LogP) is 1.72. The van der Waals surface area contributed by atoms with E-state index in [1.807, 2.05) is 31.1 Å². The normalized spacial score (nSPS) is 10.2. The van der Waals surface area contributed by atoms with Gasteiger partial charge in [-0.25, -0.2) is 0 Å². The quantitative estimate of drug-likeness (QED) is 0.767. The van der Waals surface area contributed by atoms with E-state index in [-0.39, 0.29) is 5.78 Å². The molecule has 0 bridgehead atoms. The first-order valence-electron chi connectivity index (χ1n) is 5.58. The molecule has 0 amide bonds. The zero-order valence-electron chi connectivity index (χ0n) is 10.5. The van der Waals surface area contributed by atoms with E-state index < -0.39 is 0 Å². The summed E-state index contributed by atoms with van der Waals surface area (Å²) in [5.74, 6) is 0.140. The first-order valence-corrected chi connectivity index (χ1v) is 5.58. The minimum atomic E-state index is 0.140. The van der Waals surface area contributed by atoms with E-state index in [0.717, 1.165) is 17.7 Å². The number of benzene rings is 1. The Hall–Kier alpha value is -1.35. The summed E-state index contributed by atoms with van der Waals surface area (Å²) >= 11 is 0. The number of carbonyl (C=O) groups excluding carboxylic acids is 1. The van der Waals surface area contributed by atoms with Crippen LogP contribution in [-0.2, 0) is 6.42 Å². The Balaban J connectivity index is 3.14. The van der Waals surface area contributed by atoms with Crippen LogP contribution in [-0.4, -0.2) is 33.5 Å². The number of hydrogen-bond acceptors (Lipinski definition) is 3. The van der Waals surface area contributed by atoms with Gasteiger partial charge in [0.05, 0.1) is 6.54 Å². The largest absolute Gasteiger partial charge is 0.377 e. The number of nitrogens with zero attached hydrogens (tertiary/aromatic N) is 1. The Morgan fingerprint density at radius 2 is 2.06 bits per heavy atom. The highest BCUT2D eigenvalue weighted by Crippen LogP contribution is 2.21. The molecule has 1 rings (SSSR count). The standard InChI is InChI=1S/C13H20N2O/c1-5-10-6-7-12(15(3)4)11(8-10)13(16)9-14-2/h6-8,14H,5,9H2,1-4H3. The summed E-state index contributed by atoms with van der Waals surface area (Å²) in [7, 11) is 5.70. The predicted molar refractivity (Wildman–Crippen MR) is 68.4 cm³/mol. The van der Waals surface area contributed by atoms with Crippen molar-refractivity contribution in [3.63, 3.8) is 0 Å². The van der Waals surface area contributed by atoms with E-state index >= 15 is 0 Å². The summed E-state index contributed by atoms with van der Waals surface area (Å²) in [6.45, 7) is 2.48. The van der Waals surface area contributed by atoms with Crippen LogP contribution in [0.5, 0.6) is 0 Å². The van der Waals surface area contributed by atoms with Crippen LogP contribution < -0.4 is 10.2 Å². The van der Waals surface area contributed by atoms with E-state index in [9.17, 15) is 4.79 Å². The van der Waals surface area contributed by atoms with Crippen LogP contribution in [0.3, 0.4) is 0 Å². The molecule has 0 fully saturated rings. The van der Waals surface area contributed by atoms with Crippen molar-refractivity contribution in [2.45, 2.75) is 13.3 Å². The monoisotopic (exact) mass is 220 g/mol. The van der Waals surface area contributed by atoms with E-state index in [0.29, 0.717) is 6.54 Å². The van der Waals surface area contributed by atoms with Crippen molar-refractivity contribution < 1.29 is 4.79 Å². The molecular weight excluding hydrogens is 200 g/mol. The molecule has 1 aromatic rings. The third kappa shape index (κ3) is 2.83. The van der Waals surface area contributed by atoms with Crippen LogP contribution in [0.4, 0.5) is 5.69 Å². The number of aryl methyl sites for hydroxylation is 1. The molecule has 0 aromatic heterocycles. The second kappa shape index (κ2) is 5.66. The molecule has 0 saturated carbocycles. The maximum Gasteiger partial charge on any atom is 0.178 e. The highest BCUT2D eigenvalue weighted by molar-refractivity contribution is 6.02. The molecule has 0 radical (unpaired) electrons. The molecule has 0 unspecified atom stereocenters. The first kappa shape index (κ1) is 12.7. The van der Waals surface area contributed by atoms with Crippen molar-refractivity contribution in [2.75, 3.05) is 32.6 Å². The van der Waals surface area contributed by atoms with Gasteiger partial charge >= 0.3 is 0 Å². The van der Waals surface area contributed by atoms with Crippen molar-refractivity contribution in [3.8, 4) is 0 Å². The number of carbonyl (C=O) groups is 1. The Kier molecular flexibility index (Phi) is 4.50. The van der Waals surface area contributed by atoms with Gasteiger partial charge in [-0.15, -0.1) is 0 Å². The molecule has 16 heavy (non-hydrogen) atoms. The zero-order valence-corrected chi connectivity index (χ0v) is 10.5. The number of likely N-dealkylation sites (N-methyl/N-ethyl adjacent to an activating group) is 1. The van der Waals surface area contributed by atoms with Crippen molar-refractivity contribution in [3.05, 3.63) is 29.3 Å². The lowest BCUT2D eigenvalue weighted by Crippen LogP contribution is -2.22. The van der Waals surface area contributed by atoms with E-state index in [4.69, 9.17) is 0 Å². The van der Waals surface area contributed by atoms with Gasteiger partial charge in [0, 0.05) is 25.3 Å². The highest BCUT2D eigenvalue weighted by Gasteiger charge is 2.12. The number of hydrogen-bond donors (Lipinski definition) is 1. The lowest BCUT2D eigenvalue weighted by atomic mass is 10.0. The third-order valence-electron chi connectivity index (χ3n) is 2.59. The number of ketones is 1. The van der Waals surface area contributed by atoms with Crippen LogP contribution in [0.2, 0.25) is 0 Å². The van der Waals surface area contributed by atoms with Gasteiger partial charge in [-0.3, -0.25) is 4.79 Å². The smallest absolute Gasteiger partial charge is 0.178 e. The molecule has 0 atom stereocenters. The van der Waals surface area contributed by atoms with Gasteiger partial charge in [-0.05, 0) is 31.2 Å². The fourth-order valence-corrected chi connectivity index (χ4v) is 1.67. The van der Waals surface area contributed by atoms with E-state index in [1.165, 1.54) is 5.56 Å².